The third-order valence-electron chi connectivity index (χ3n) is 3.36. The summed E-state index contributed by atoms with van der Waals surface area (Å²) in [5.74, 6) is 1.92. The second kappa shape index (κ2) is 7.01. The Morgan fingerprint density at radius 2 is 1.89 bits per heavy atom. The number of hydrogen-bond donors (Lipinski definition) is 0. The van der Waals surface area contributed by atoms with E-state index in [0.717, 1.165) is 25.9 Å². The van der Waals surface area contributed by atoms with Crippen LogP contribution in [-0.4, -0.2) is 36.4 Å². The Kier molecular flexibility index (Phi) is 5.34. The van der Waals surface area contributed by atoms with Crippen LogP contribution in [0.4, 0.5) is 0 Å². The Morgan fingerprint density at radius 1 is 1.26 bits per heavy atom. The van der Waals surface area contributed by atoms with Crippen LogP contribution < -0.4 is 4.74 Å². The minimum Gasteiger partial charge on any atom is -0.484 e. The van der Waals surface area contributed by atoms with E-state index in [-0.39, 0.29) is 12.5 Å². The van der Waals surface area contributed by atoms with Crippen molar-refractivity contribution in [2.75, 3.05) is 25.6 Å². The first-order valence-electron chi connectivity index (χ1n) is 6.41. The van der Waals surface area contributed by atoms with Gasteiger partial charge in [-0.2, -0.15) is 0 Å². The average Bonchev–Trinajstić information content (AvgIpc) is 2.46. The number of carbonyl (C=O) groups excluding carboxylic acids is 1. The molecular formula is C14H17Cl2NO2. The number of benzene rings is 1. The summed E-state index contributed by atoms with van der Waals surface area (Å²) in [5, 5.41) is 0.654. The van der Waals surface area contributed by atoms with Crippen LogP contribution >= 0.6 is 23.2 Å². The molecule has 0 aromatic heterocycles. The molecule has 1 saturated heterocycles. The smallest absolute Gasteiger partial charge is 0.260 e. The second-order valence-corrected chi connectivity index (χ2v) is 5.47. The van der Waals surface area contributed by atoms with Crippen LogP contribution in [0, 0.1) is 5.92 Å². The van der Waals surface area contributed by atoms with Gasteiger partial charge in [-0.25, -0.2) is 0 Å². The lowest BCUT2D eigenvalue weighted by atomic mass is 9.99. The molecule has 0 saturated carbocycles. The molecule has 1 aliphatic heterocycles. The maximum absolute atomic E-state index is 12.0. The summed E-state index contributed by atoms with van der Waals surface area (Å²) >= 11 is 11.6. The van der Waals surface area contributed by atoms with E-state index >= 15 is 0 Å². The molecule has 0 N–H and O–H groups in total. The Labute approximate surface area is 123 Å². The van der Waals surface area contributed by atoms with Gasteiger partial charge in [0.15, 0.2) is 6.61 Å². The number of rotatable bonds is 4. The summed E-state index contributed by atoms with van der Waals surface area (Å²) in [4.78, 5) is 13.8. The largest absolute Gasteiger partial charge is 0.484 e. The van der Waals surface area contributed by atoms with Crippen molar-refractivity contribution in [3.63, 3.8) is 0 Å². The van der Waals surface area contributed by atoms with E-state index in [1.807, 2.05) is 4.90 Å². The number of ether oxygens (including phenoxy) is 1. The Bertz CT molecular complexity index is 414. The second-order valence-electron chi connectivity index (χ2n) is 4.72. The van der Waals surface area contributed by atoms with Gasteiger partial charge in [0.1, 0.15) is 5.75 Å². The van der Waals surface area contributed by atoms with Gasteiger partial charge in [0.05, 0.1) is 0 Å². The Balaban J connectivity index is 1.77. The predicted octanol–water partition coefficient (Wildman–Crippen LogP) is 3.20. The monoisotopic (exact) mass is 301 g/mol. The van der Waals surface area contributed by atoms with Crippen molar-refractivity contribution in [2.45, 2.75) is 12.8 Å². The lowest BCUT2D eigenvalue weighted by Gasteiger charge is -2.31. The van der Waals surface area contributed by atoms with E-state index in [9.17, 15) is 4.79 Å². The zero-order chi connectivity index (χ0) is 13.7. The topological polar surface area (TPSA) is 29.5 Å². The number of hydrogen-bond acceptors (Lipinski definition) is 2. The maximum atomic E-state index is 12.0. The molecule has 1 fully saturated rings. The lowest BCUT2D eigenvalue weighted by Crippen LogP contribution is -2.41. The zero-order valence-corrected chi connectivity index (χ0v) is 12.2. The molecule has 1 aliphatic rings. The molecule has 0 bridgehead atoms. The van der Waals surface area contributed by atoms with Crippen molar-refractivity contribution in [1.82, 2.24) is 4.90 Å². The van der Waals surface area contributed by atoms with Crippen LogP contribution in [0.3, 0.4) is 0 Å². The van der Waals surface area contributed by atoms with Crippen molar-refractivity contribution >= 4 is 29.1 Å². The molecule has 0 unspecified atom stereocenters. The standard InChI is InChI=1S/C14H17Cl2NO2/c15-9-11-5-7-17(8-6-11)14(18)10-19-13-3-1-12(16)2-4-13/h1-4,11H,5-10H2. The van der Waals surface area contributed by atoms with Gasteiger partial charge in [-0.1, -0.05) is 11.6 Å². The first-order valence-corrected chi connectivity index (χ1v) is 7.32. The minimum absolute atomic E-state index is 0.0305. The van der Waals surface area contributed by atoms with Crippen molar-refractivity contribution in [2.24, 2.45) is 5.92 Å². The number of likely N-dealkylation sites (tertiary alicyclic amines) is 1. The molecule has 5 heteroatoms. The fraction of sp³-hybridized carbons (Fsp3) is 0.500. The van der Waals surface area contributed by atoms with E-state index < -0.39 is 0 Å². The third-order valence-corrected chi connectivity index (χ3v) is 4.05. The van der Waals surface area contributed by atoms with Crippen LogP contribution in [-0.2, 0) is 4.79 Å². The van der Waals surface area contributed by atoms with E-state index in [1.54, 1.807) is 24.3 Å². The lowest BCUT2D eigenvalue weighted by molar-refractivity contribution is -0.134. The van der Waals surface area contributed by atoms with Gasteiger partial charge in [0.2, 0.25) is 0 Å². The predicted molar refractivity (Wildman–Crippen MR) is 77.0 cm³/mol. The van der Waals surface area contributed by atoms with Gasteiger partial charge >= 0.3 is 0 Å². The summed E-state index contributed by atoms with van der Waals surface area (Å²) in [6.07, 6.45) is 1.96. The van der Waals surface area contributed by atoms with Crippen LogP contribution in [0.5, 0.6) is 5.75 Å². The number of alkyl halides is 1. The highest BCUT2D eigenvalue weighted by atomic mass is 35.5. The van der Waals surface area contributed by atoms with E-state index in [1.165, 1.54) is 0 Å². The molecule has 1 amide bonds. The van der Waals surface area contributed by atoms with Crippen LogP contribution in [0.1, 0.15) is 12.8 Å². The highest BCUT2D eigenvalue weighted by molar-refractivity contribution is 6.30. The number of nitrogens with zero attached hydrogens (tertiary/aromatic N) is 1. The van der Waals surface area contributed by atoms with Gasteiger partial charge in [0.25, 0.3) is 5.91 Å². The molecule has 1 aromatic rings. The van der Waals surface area contributed by atoms with Gasteiger partial charge in [-0.05, 0) is 43.0 Å². The van der Waals surface area contributed by atoms with Gasteiger partial charge in [0, 0.05) is 24.0 Å². The molecule has 0 radical (unpaired) electrons. The Hall–Kier alpha value is -0.930. The van der Waals surface area contributed by atoms with E-state index in [4.69, 9.17) is 27.9 Å². The highest BCUT2D eigenvalue weighted by Crippen LogP contribution is 2.19. The SMILES string of the molecule is O=C(COc1ccc(Cl)cc1)N1CCC(CCl)CC1. The van der Waals surface area contributed by atoms with Crippen molar-refractivity contribution in [3.8, 4) is 5.75 Å². The zero-order valence-electron chi connectivity index (χ0n) is 10.6. The van der Waals surface area contributed by atoms with Gasteiger partial charge in [-0.3, -0.25) is 4.79 Å². The molecule has 2 rings (SSSR count). The first kappa shape index (κ1) is 14.5. The van der Waals surface area contributed by atoms with Gasteiger partial charge < -0.3 is 9.64 Å². The Morgan fingerprint density at radius 3 is 2.47 bits per heavy atom. The van der Waals surface area contributed by atoms with E-state index in [2.05, 4.69) is 0 Å². The molecule has 19 heavy (non-hydrogen) atoms. The molecule has 1 aromatic carbocycles. The number of carbonyl (C=O) groups is 1. The summed E-state index contributed by atoms with van der Waals surface area (Å²) in [6, 6.07) is 7.01. The van der Waals surface area contributed by atoms with Gasteiger partial charge in [-0.15, -0.1) is 11.6 Å². The van der Waals surface area contributed by atoms with Crippen molar-refractivity contribution in [3.05, 3.63) is 29.3 Å². The van der Waals surface area contributed by atoms with Crippen LogP contribution in [0.2, 0.25) is 5.02 Å². The summed E-state index contributed by atoms with van der Waals surface area (Å²) in [7, 11) is 0. The number of halogens is 2. The third kappa shape index (κ3) is 4.29. The number of amides is 1. The summed E-state index contributed by atoms with van der Waals surface area (Å²) in [6.45, 7) is 1.63. The van der Waals surface area contributed by atoms with Crippen LogP contribution in [0.15, 0.2) is 24.3 Å². The fourth-order valence-corrected chi connectivity index (χ4v) is 2.54. The maximum Gasteiger partial charge on any atom is 0.260 e. The summed E-state index contributed by atoms with van der Waals surface area (Å²) < 4.78 is 5.45. The summed E-state index contributed by atoms with van der Waals surface area (Å²) in [5.41, 5.74) is 0. The molecule has 0 aliphatic carbocycles. The normalized spacial score (nSPS) is 16.4. The molecule has 0 spiro atoms. The van der Waals surface area contributed by atoms with Crippen molar-refractivity contribution in [1.29, 1.82) is 0 Å². The highest BCUT2D eigenvalue weighted by Gasteiger charge is 2.22. The molecule has 1 heterocycles. The minimum atomic E-state index is 0.0305. The van der Waals surface area contributed by atoms with Crippen LogP contribution in [0.25, 0.3) is 0 Å². The molecule has 0 atom stereocenters. The van der Waals surface area contributed by atoms with Crippen molar-refractivity contribution < 1.29 is 9.53 Å². The van der Waals surface area contributed by atoms with E-state index in [0.29, 0.717) is 22.6 Å². The average molecular weight is 302 g/mol. The molecule has 3 nitrogen and oxygen atoms in total. The first-order chi connectivity index (χ1) is 9.19. The number of piperidine rings is 1. The molecule has 104 valence electrons. The molecular weight excluding hydrogens is 285 g/mol. The fourth-order valence-electron chi connectivity index (χ4n) is 2.10. The quantitative estimate of drug-likeness (QED) is 0.799.